The van der Waals surface area contributed by atoms with E-state index in [2.05, 4.69) is 5.10 Å². The molecule has 5 rings (SSSR count). The molecule has 8 nitrogen and oxygen atoms in total. The minimum absolute atomic E-state index is 0.168. The molecule has 2 aliphatic heterocycles. The fourth-order valence-electron chi connectivity index (χ4n) is 5.09. The first-order chi connectivity index (χ1) is 17.7. The lowest BCUT2D eigenvalue weighted by atomic mass is 10.0. The van der Waals surface area contributed by atoms with Gasteiger partial charge in [-0.2, -0.15) is 23.0 Å². The second-order valence-electron chi connectivity index (χ2n) is 9.17. The van der Waals surface area contributed by atoms with Crippen LogP contribution < -0.4 is 20.1 Å². The van der Waals surface area contributed by atoms with Crippen LogP contribution in [0.4, 0.5) is 24.5 Å². The lowest BCUT2D eigenvalue weighted by Crippen LogP contribution is -2.33. The van der Waals surface area contributed by atoms with Gasteiger partial charge in [-0.25, -0.2) is 0 Å². The van der Waals surface area contributed by atoms with Crippen LogP contribution in [-0.2, 0) is 12.6 Å². The maximum absolute atomic E-state index is 14.2. The third-order valence-corrected chi connectivity index (χ3v) is 6.87. The highest BCUT2D eigenvalue weighted by Crippen LogP contribution is 2.38. The number of aliphatic hydroxyl groups excluding tert-OH is 2. The maximum Gasteiger partial charge on any atom is 0.418 e. The van der Waals surface area contributed by atoms with Gasteiger partial charge in [0.2, 0.25) is 0 Å². The molecule has 0 saturated carbocycles. The molecular formula is C26H27F3N4O4. The van der Waals surface area contributed by atoms with Crippen molar-refractivity contribution in [3.63, 3.8) is 0 Å². The van der Waals surface area contributed by atoms with Gasteiger partial charge < -0.3 is 24.7 Å². The number of halogens is 3. The third-order valence-electron chi connectivity index (χ3n) is 6.87. The van der Waals surface area contributed by atoms with E-state index in [9.17, 15) is 28.2 Å². The molecule has 0 radical (unpaired) electrons. The molecule has 0 amide bonds. The van der Waals surface area contributed by atoms with E-state index >= 15 is 0 Å². The topological polar surface area (TPSA) is 91.1 Å². The molecule has 0 aliphatic carbocycles. The fourth-order valence-corrected chi connectivity index (χ4v) is 5.09. The van der Waals surface area contributed by atoms with Gasteiger partial charge in [-0.05, 0) is 43.2 Å². The van der Waals surface area contributed by atoms with Crippen LogP contribution >= 0.6 is 0 Å². The zero-order valence-electron chi connectivity index (χ0n) is 20.2. The fraction of sp³-hybridized carbons (Fsp3) is 0.385. The molecular weight excluding hydrogens is 489 g/mol. The highest BCUT2D eigenvalue weighted by molar-refractivity contribution is 5.74. The lowest BCUT2D eigenvalue weighted by molar-refractivity contribution is -0.137. The van der Waals surface area contributed by atoms with Gasteiger partial charge >= 0.3 is 6.18 Å². The number of aromatic nitrogens is 2. The minimum atomic E-state index is -4.74. The monoisotopic (exact) mass is 516 g/mol. The van der Waals surface area contributed by atoms with E-state index in [1.807, 2.05) is 0 Å². The number of ether oxygens (including phenoxy) is 1. The molecule has 2 aliphatic rings. The van der Waals surface area contributed by atoms with Crippen molar-refractivity contribution in [3.05, 3.63) is 63.9 Å². The van der Waals surface area contributed by atoms with Crippen LogP contribution in [0.2, 0.25) is 0 Å². The summed E-state index contributed by atoms with van der Waals surface area (Å²) in [5.41, 5.74) is 0.229. The number of anilines is 2. The molecule has 3 heterocycles. The molecule has 1 saturated heterocycles. The maximum atomic E-state index is 14.2. The van der Waals surface area contributed by atoms with Gasteiger partial charge in [-0.3, -0.25) is 4.79 Å². The molecule has 3 aromatic rings. The Morgan fingerprint density at radius 3 is 2.65 bits per heavy atom. The van der Waals surface area contributed by atoms with Crippen molar-refractivity contribution >= 4 is 11.4 Å². The van der Waals surface area contributed by atoms with E-state index in [4.69, 9.17) is 4.74 Å². The number of aliphatic hydroxyl groups is 2. The van der Waals surface area contributed by atoms with Gasteiger partial charge in [0.25, 0.3) is 5.56 Å². The quantitative estimate of drug-likeness (QED) is 0.521. The van der Waals surface area contributed by atoms with E-state index < -0.39 is 23.4 Å². The Morgan fingerprint density at radius 2 is 1.97 bits per heavy atom. The summed E-state index contributed by atoms with van der Waals surface area (Å²) in [7, 11) is 1.51. The van der Waals surface area contributed by atoms with Crippen molar-refractivity contribution in [3.8, 4) is 22.7 Å². The SMILES string of the molecule is COc1cccc(-c2nn(-c3cc(N4CC[C@H](O)C4)ccc3C(F)(F)F)c(=O)c3c2CCN3CCO)c1. The first-order valence-electron chi connectivity index (χ1n) is 12.0. The Kier molecular flexibility index (Phi) is 6.59. The highest BCUT2D eigenvalue weighted by atomic mass is 19.4. The van der Waals surface area contributed by atoms with E-state index in [0.717, 1.165) is 10.7 Å². The first-order valence-corrected chi connectivity index (χ1v) is 12.0. The summed E-state index contributed by atoms with van der Waals surface area (Å²) in [4.78, 5) is 17.2. The van der Waals surface area contributed by atoms with Crippen LogP contribution in [0.5, 0.6) is 5.75 Å². The Bertz CT molecular complexity index is 1370. The average Bonchev–Trinajstić information content (AvgIpc) is 3.50. The van der Waals surface area contributed by atoms with Crippen molar-refractivity contribution in [2.45, 2.75) is 25.1 Å². The molecule has 0 unspecified atom stereocenters. The normalized spacial score (nSPS) is 17.4. The molecule has 0 spiro atoms. The lowest BCUT2D eigenvalue weighted by Gasteiger charge is -2.23. The van der Waals surface area contributed by atoms with Gasteiger partial charge in [0, 0.05) is 43.0 Å². The number of hydrogen-bond acceptors (Lipinski definition) is 7. The predicted octanol–water partition coefficient (Wildman–Crippen LogP) is 2.85. The number of rotatable bonds is 6. The molecule has 1 atom stereocenters. The molecule has 0 bridgehead atoms. The Hall–Kier alpha value is -3.57. The van der Waals surface area contributed by atoms with E-state index in [0.29, 0.717) is 54.2 Å². The summed E-state index contributed by atoms with van der Waals surface area (Å²) in [6.07, 6.45) is -4.34. The minimum Gasteiger partial charge on any atom is -0.497 e. The van der Waals surface area contributed by atoms with Gasteiger partial charge in [0.1, 0.15) is 11.4 Å². The molecule has 2 N–H and O–H groups in total. The summed E-state index contributed by atoms with van der Waals surface area (Å²) in [5.74, 6) is 0.543. The van der Waals surface area contributed by atoms with Crippen LogP contribution in [0.25, 0.3) is 16.9 Å². The van der Waals surface area contributed by atoms with Crippen LogP contribution in [0.3, 0.4) is 0 Å². The van der Waals surface area contributed by atoms with Crippen LogP contribution in [0.15, 0.2) is 47.3 Å². The molecule has 1 aromatic heterocycles. The Morgan fingerprint density at radius 1 is 1.16 bits per heavy atom. The van der Waals surface area contributed by atoms with Gasteiger partial charge in [-0.15, -0.1) is 0 Å². The van der Waals surface area contributed by atoms with Crippen molar-refractivity contribution in [1.82, 2.24) is 9.78 Å². The number of benzene rings is 2. The second kappa shape index (κ2) is 9.71. The van der Waals surface area contributed by atoms with Gasteiger partial charge in [-0.1, -0.05) is 12.1 Å². The van der Waals surface area contributed by atoms with Crippen LogP contribution in [0.1, 0.15) is 17.5 Å². The third kappa shape index (κ3) is 4.64. The zero-order valence-corrected chi connectivity index (χ0v) is 20.2. The number of methoxy groups -OCH3 is 1. The van der Waals surface area contributed by atoms with Gasteiger partial charge in [0.15, 0.2) is 0 Å². The van der Waals surface area contributed by atoms with E-state index in [1.54, 1.807) is 34.1 Å². The van der Waals surface area contributed by atoms with Crippen molar-refractivity contribution < 1.29 is 28.1 Å². The van der Waals surface area contributed by atoms with Crippen molar-refractivity contribution in [2.24, 2.45) is 0 Å². The number of fused-ring (bicyclic) bond motifs is 1. The summed E-state index contributed by atoms with van der Waals surface area (Å²) >= 11 is 0. The molecule has 37 heavy (non-hydrogen) atoms. The largest absolute Gasteiger partial charge is 0.497 e. The Labute approximate surface area is 211 Å². The van der Waals surface area contributed by atoms with Crippen molar-refractivity contribution in [1.29, 1.82) is 0 Å². The zero-order chi connectivity index (χ0) is 26.3. The predicted molar refractivity (Wildman–Crippen MR) is 133 cm³/mol. The number of nitrogens with zero attached hydrogens (tertiary/aromatic N) is 4. The first kappa shape index (κ1) is 25.1. The van der Waals surface area contributed by atoms with Crippen LogP contribution in [-0.4, -0.2) is 66.0 Å². The molecule has 196 valence electrons. The number of β-amino-alcohol motifs (C(OH)–C–C–N with tert-alkyl or cyclic N) is 2. The second-order valence-corrected chi connectivity index (χ2v) is 9.17. The van der Waals surface area contributed by atoms with E-state index in [-0.39, 0.29) is 31.1 Å². The highest BCUT2D eigenvalue weighted by Gasteiger charge is 2.37. The smallest absolute Gasteiger partial charge is 0.418 e. The number of hydrogen-bond donors (Lipinski definition) is 2. The average molecular weight is 517 g/mol. The summed E-state index contributed by atoms with van der Waals surface area (Å²) in [5, 5.41) is 24.0. The molecule has 1 fully saturated rings. The molecule has 2 aromatic carbocycles. The summed E-state index contributed by atoms with van der Waals surface area (Å²) in [6, 6.07) is 10.6. The standard InChI is InChI=1S/C26H27F3N4O4/c1-37-19-4-2-3-16(13-19)23-20-8-10-31(11-12-34)24(20)25(36)33(30-23)22-14-17(32-9-7-18(35)15-32)5-6-21(22)26(27,28)29/h2-6,13-14,18,34-35H,7-12,15H2,1H3/t18-/m0/s1. The summed E-state index contributed by atoms with van der Waals surface area (Å²) < 4.78 is 48.7. The Balaban J connectivity index is 1.77. The molecule has 11 heteroatoms. The van der Waals surface area contributed by atoms with Gasteiger partial charge in [0.05, 0.1) is 36.8 Å². The van der Waals surface area contributed by atoms with Crippen LogP contribution in [0, 0.1) is 0 Å². The number of alkyl halides is 3. The van der Waals surface area contributed by atoms with Crippen molar-refractivity contribution in [2.75, 3.05) is 49.7 Å². The van der Waals surface area contributed by atoms with E-state index in [1.165, 1.54) is 19.2 Å². The summed E-state index contributed by atoms with van der Waals surface area (Å²) in [6.45, 7) is 1.16.